The van der Waals surface area contributed by atoms with Crippen LogP contribution in [-0.2, 0) is 0 Å². The van der Waals surface area contributed by atoms with Crippen molar-refractivity contribution in [1.82, 2.24) is 15.5 Å². The fraction of sp³-hybridized carbons (Fsp3) is 1.00. The summed E-state index contributed by atoms with van der Waals surface area (Å²) in [5, 5.41) is 7.34. The van der Waals surface area contributed by atoms with Crippen molar-refractivity contribution in [1.29, 1.82) is 0 Å². The first-order valence-corrected chi connectivity index (χ1v) is 6.13. The van der Waals surface area contributed by atoms with E-state index in [-0.39, 0.29) is 0 Å². The summed E-state index contributed by atoms with van der Waals surface area (Å²) in [6.45, 7) is 4.96. The highest BCUT2D eigenvalue weighted by Gasteiger charge is 2.48. The summed E-state index contributed by atoms with van der Waals surface area (Å²) in [6, 6.07) is 0.748. The summed E-state index contributed by atoms with van der Waals surface area (Å²) < 4.78 is 0. The largest absolute Gasteiger partial charge is 0.309 e. The number of fused-ring (bicyclic) bond motifs is 2. The molecule has 3 fully saturated rings. The quantitative estimate of drug-likeness (QED) is 0.639. The molecular weight excluding hydrogens is 174 g/mol. The van der Waals surface area contributed by atoms with Crippen molar-refractivity contribution in [2.45, 2.75) is 43.8 Å². The summed E-state index contributed by atoms with van der Waals surface area (Å²) in [5.74, 6) is 0. The SMILES string of the molecule is C1CCCN(C23CNC(CN2)C3)CC1. The standard InChI is InChI=1S/C11H21N3/c1-2-4-6-14(5-3-1)11-7-10(8-13-11)12-9-11/h10,12-13H,1-9H2. The zero-order valence-electron chi connectivity index (χ0n) is 8.89. The molecule has 3 saturated heterocycles. The second kappa shape index (κ2) is 3.47. The highest BCUT2D eigenvalue weighted by molar-refractivity contribution is 5.07. The van der Waals surface area contributed by atoms with E-state index in [0.29, 0.717) is 5.66 Å². The van der Waals surface area contributed by atoms with Crippen molar-refractivity contribution in [3.05, 3.63) is 0 Å². The van der Waals surface area contributed by atoms with Gasteiger partial charge in [0.05, 0.1) is 5.66 Å². The van der Waals surface area contributed by atoms with Gasteiger partial charge < -0.3 is 5.32 Å². The van der Waals surface area contributed by atoms with Gasteiger partial charge >= 0.3 is 0 Å². The first-order chi connectivity index (χ1) is 6.89. The molecule has 80 valence electrons. The van der Waals surface area contributed by atoms with Crippen LogP contribution in [0.1, 0.15) is 32.1 Å². The summed E-state index contributed by atoms with van der Waals surface area (Å²) in [7, 11) is 0. The smallest absolute Gasteiger partial charge is 0.0856 e. The Morgan fingerprint density at radius 3 is 2.36 bits per heavy atom. The third-order valence-corrected chi connectivity index (χ3v) is 4.16. The molecule has 3 rings (SSSR count). The topological polar surface area (TPSA) is 27.3 Å². The van der Waals surface area contributed by atoms with E-state index in [1.165, 1.54) is 51.7 Å². The Morgan fingerprint density at radius 2 is 1.86 bits per heavy atom. The van der Waals surface area contributed by atoms with Crippen LogP contribution in [0.5, 0.6) is 0 Å². The molecule has 2 N–H and O–H groups in total. The predicted molar refractivity (Wildman–Crippen MR) is 57.2 cm³/mol. The lowest BCUT2D eigenvalue weighted by Gasteiger charge is -2.39. The van der Waals surface area contributed by atoms with Crippen molar-refractivity contribution >= 4 is 0 Å². The van der Waals surface area contributed by atoms with Crippen molar-refractivity contribution in [3.8, 4) is 0 Å². The Labute approximate surface area is 86.2 Å². The van der Waals surface area contributed by atoms with Gasteiger partial charge in [0.2, 0.25) is 0 Å². The maximum absolute atomic E-state index is 3.73. The van der Waals surface area contributed by atoms with Crippen LogP contribution in [0.3, 0.4) is 0 Å². The normalized spacial score (nSPS) is 44.1. The molecule has 3 aliphatic heterocycles. The molecule has 2 unspecified atom stereocenters. The maximum atomic E-state index is 3.73. The number of piperazine rings is 1. The first kappa shape index (κ1) is 9.13. The summed E-state index contributed by atoms with van der Waals surface area (Å²) in [4.78, 5) is 2.71. The molecule has 3 heteroatoms. The zero-order chi connectivity index (χ0) is 9.43. The van der Waals surface area contributed by atoms with Crippen molar-refractivity contribution in [2.75, 3.05) is 26.2 Å². The minimum Gasteiger partial charge on any atom is -0.309 e. The molecule has 0 aliphatic carbocycles. The summed E-state index contributed by atoms with van der Waals surface area (Å²) in [5.41, 5.74) is 0.342. The van der Waals surface area contributed by atoms with Crippen molar-refractivity contribution in [3.63, 3.8) is 0 Å². The molecular formula is C11H21N3. The van der Waals surface area contributed by atoms with Gasteiger partial charge in [0.15, 0.2) is 0 Å². The van der Waals surface area contributed by atoms with Crippen molar-refractivity contribution in [2.24, 2.45) is 0 Å². The minimum absolute atomic E-state index is 0.342. The monoisotopic (exact) mass is 195 g/mol. The van der Waals surface area contributed by atoms with E-state index in [1.807, 2.05) is 0 Å². The molecule has 0 radical (unpaired) electrons. The van der Waals surface area contributed by atoms with Gasteiger partial charge in [-0.1, -0.05) is 12.8 Å². The number of hydrogen-bond donors (Lipinski definition) is 2. The number of likely N-dealkylation sites (tertiary alicyclic amines) is 1. The maximum Gasteiger partial charge on any atom is 0.0856 e. The van der Waals surface area contributed by atoms with E-state index in [4.69, 9.17) is 0 Å². The highest BCUT2D eigenvalue weighted by Crippen LogP contribution is 2.30. The lowest BCUT2D eigenvalue weighted by Crippen LogP contribution is -2.60. The second-order valence-electron chi connectivity index (χ2n) is 5.10. The zero-order valence-corrected chi connectivity index (χ0v) is 8.89. The summed E-state index contributed by atoms with van der Waals surface area (Å²) >= 11 is 0. The molecule has 0 aromatic rings. The molecule has 0 spiro atoms. The fourth-order valence-corrected chi connectivity index (χ4v) is 3.31. The van der Waals surface area contributed by atoms with Crippen molar-refractivity contribution < 1.29 is 0 Å². The van der Waals surface area contributed by atoms with Crippen LogP contribution in [0.15, 0.2) is 0 Å². The van der Waals surface area contributed by atoms with E-state index in [2.05, 4.69) is 15.5 Å². The van der Waals surface area contributed by atoms with Gasteiger partial charge in [0, 0.05) is 19.1 Å². The second-order valence-corrected chi connectivity index (χ2v) is 5.10. The predicted octanol–water partition coefficient (Wildman–Crippen LogP) is 0.524. The molecule has 0 saturated carbocycles. The molecule has 0 aromatic carbocycles. The lowest BCUT2D eigenvalue weighted by molar-refractivity contribution is 0.0879. The van der Waals surface area contributed by atoms with Crippen LogP contribution in [0, 0.1) is 0 Å². The van der Waals surface area contributed by atoms with Crippen LogP contribution in [0.2, 0.25) is 0 Å². The molecule has 3 aliphatic rings. The van der Waals surface area contributed by atoms with Crippen LogP contribution in [0.25, 0.3) is 0 Å². The average molecular weight is 195 g/mol. The van der Waals surface area contributed by atoms with Crippen LogP contribution in [0.4, 0.5) is 0 Å². The molecule has 2 atom stereocenters. The number of nitrogens with zero attached hydrogens (tertiary/aromatic N) is 1. The highest BCUT2D eigenvalue weighted by atomic mass is 15.4. The van der Waals surface area contributed by atoms with Crippen LogP contribution in [-0.4, -0.2) is 42.8 Å². The number of nitrogens with one attached hydrogen (secondary N) is 2. The van der Waals surface area contributed by atoms with Crippen LogP contribution >= 0.6 is 0 Å². The van der Waals surface area contributed by atoms with E-state index < -0.39 is 0 Å². The Bertz CT molecular complexity index is 201. The minimum atomic E-state index is 0.342. The van der Waals surface area contributed by atoms with E-state index in [9.17, 15) is 0 Å². The third-order valence-electron chi connectivity index (χ3n) is 4.16. The third kappa shape index (κ3) is 1.38. The van der Waals surface area contributed by atoms with Gasteiger partial charge in [-0.05, 0) is 32.4 Å². The summed E-state index contributed by atoms with van der Waals surface area (Å²) in [6.07, 6.45) is 6.99. The van der Waals surface area contributed by atoms with Gasteiger partial charge in [0.25, 0.3) is 0 Å². The Balaban J connectivity index is 1.73. The van der Waals surface area contributed by atoms with Gasteiger partial charge in [0.1, 0.15) is 0 Å². The lowest BCUT2D eigenvalue weighted by atomic mass is 10.1. The fourth-order valence-electron chi connectivity index (χ4n) is 3.31. The number of rotatable bonds is 1. The Hall–Kier alpha value is -0.120. The van der Waals surface area contributed by atoms with Gasteiger partial charge in [-0.3, -0.25) is 10.2 Å². The number of hydrogen-bond acceptors (Lipinski definition) is 3. The Morgan fingerprint density at radius 1 is 1.07 bits per heavy atom. The van der Waals surface area contributed by atoms with E-state index in [1.54, 1.807) is 0 Å². The van der Waals surface area contributed by atoms with E-state index in [0.717, 1.165) is 12.6 Å². The average Bonchev–Trinajstić information content (AvgIpc) is 2.70. The molecule has 3 nitrogen and oxygen atoms in total. The van der Waals surface area contributed by atoms with Gasteiger partial charge in [-0.2, -0.15) is 0 Å². The Kier molecular flexibility index (Phi) is 2.26. The first-order valence-electron chi connectivity index (χ1n) is 6.13. The molecule has 0 amide bonds. The molecule has 2 bridgehead atoms. The van der Waals surface area contributed by atoms with Gasteiger partial charge in [-0.25, -0.2) is 0 Å². The van der Waals surface area contributed by atoms with Crippen LogP contribution < -0.4 is 10.6 Å². The molecule has 14 heavy (non-hydrogen) atoms. The van der Waals surface area contributed by atoms with Gasteiger partial charge in [-0.15, -0.1) is 0 Å². The molecule has 0 aromatic heterocycles. The molecule has 3 heterocycles. The van der Waals surface area contributed by atoms with E-state index >= 15 is 0 Å².